The Labute approximate surface area is 121 Å². The first kappa shape index (κ1) is 14.9. The first-order valence-corrected chi connectivity index (χ1v) is 8.35. The highest BCUT2D eigenvalue weighted by Crippen LogP contribution is 2.25. The maximum atomic E-state index is 4.75. The molecule has 2 heterocycles. The summed E-state index contributed by atoms with van der Waals surface area (Å²) in [6.07, 6.45) is 2.69. The normalized spacial score (nSPS) is 20.8. The zero-order valence-electron chi connectivity index (χ0n) is 12.6. The standard InChI is InChI=1S/C15H27N3S/c1-11(2)14-6-5-7-18(14)9-13-10-19-15(17-13)8-16-12(3)4/h10-12,14,16H,5-9H2,1-4H3. The quantitative estimate of drug-likeness (QED) is 0.867. The van der Waals surface area contributed by atoms with Crippen molar-refractivity contribution in [3.8, 4) is 0 Å². The van der Waals surface area contributed by atoms with Crippen LogP contribution in [0.2, 0.25) is 0 Å². The van der Waals surface area contributed by atoms with Gasteiger partial charge in [-0.3, -0.25) is 4.90 Å². The summed E-state index contributed by atoms with van der Waals surface area (Å²) in [6.45, 7) is 12.2. The smallest absolute Gasteiger partial charge is 0.107 e. The van der Waals surface area contributed by atoms with Gasteiger partial charge in [-0.2, -0.15) is 0 Å². The minimum Gasteiger partial charge on any atom is -0.308 e. The molecule has 4 heteroatoms. The van der Waals surface area contributed by atoms with E-state index in [0.29, 0.717) is 6.04 Å². The zero-order valence-corrected chi connectivity index (χ0v) is 13.5. The van der Waals surface area contributed by atoms with Crippen LogP contribution in [0.3, 0.4) is 0 Å². The van der Waals surface area contributed by atoms with Crippen LogP contribution in [0, 0.1) is 5.92 Å². The van der Waals surface area contributed by atoms with Crippen molar-refractivity contribution in [2.75, 3.05) is 6.54 Å². The molecule has 1 aromatic rings. The Morgan fingerprint density at radius 2 is 2.21 bits per heavy atom. The minimum absolute atomic E-state index is 0.524. The Bertz CT molecular complexity index is 386. The lowest BCUT2D eigenvalue weighted by Crippen LogP contribution is -2.33. The number of likely N-dealkylation sites (tertiary alicyclic amines) is 1. The topological polar surface area (TPSA) is 28.2 Å². The second-order valence-electron chi connectivity index (χ2n) is 6.19. The fourth-order valence-corrected chi connectivity index (χ4v) is 3.54. The Kier molecular flexibility index (Phi) is 5.37. The van der Waals surface area contributed by atoms with Gasteiger partial charge in [0.05, 0.1) is 5.69 Å². The third-order valence-electron chi connectivity index (χ3n) is 3.81. The number of aromatic nitrogens is 1. The SMILES string of the molecule is CC(C)NCc1nc(CN2CCCC2C(C)C)cs1. The van der Waals surface area contributed by atoms with Crippen molar-refractivity contribution in [2.24, 2.45) is 5.92 Å². The van der Waals surface area contributed by atoms with E-state index in [0.717, 1.165) is 25.0 Å². The van der Waals surface area contributed by atoms with Gasteiger partial charge in [-0.15, -0.1) is 11.3 Å². The molecule has 1 aliphatic heterocycles. The summed E-state index contributed by atoms with van der Waals surface area (Å²) >= 11 is 1.78. The molecule has 1 unspecified atom stereocenters. The lowest BCUT2D eigenvalue weighted by atomic mass is 10.0. The first-order chi connectivity index (χ1) is 9.06. The van der Waals surface area contributed by atoms with E-state index in [9.17, 15) is 0 Å². The van der Waals surface area contributed by atoms with E-state index in [-0.39, 0.29) is 0 Å². The molecule has 0 aromatic carbocycles. The number of thiazole rings is 1. The maximum absolute atomic E-state index is 4.75. The van der Waals surface area contributed by atoms with Crippen molar-refractivity contribution < 1.29 is 0 Å². The van der Waals surface area contributed by atoms with Gasteiger partial charge in [0.15, 0.2) is 0 Å². The molecule has 1 aliphatic rings. The fraction of sp³-hybridized carbons (Fsp3) is 0.800. The monoisotopic (exact) mass is 281 g/mol. The van der Waals surface area contributed by atoms with E-state index >= 15 is 0 Å². The van der Waals surface area contributed by atoms with Crippen LogP contribution in [0.1, 0.15) is 51.2 Å². The highest BCUT2D eigenvalue weighted by Gasteiger charge is 2.27. The molecular weight excluding hydrogens is 254 g/mol. The molecule has 0 saturated carbocycles. The molecule has 2 rings (SSSR count). The Balaban J connectivity index is 1.89. The lowest BCUT2D eigenvalue weighted by Gasteiger charge is -2.26. The summed E-state index contributed by atoms with van der Waals surface area (Å²) in [7, 11) is 0. The van der Waals surface area contributed by atoms with Crippen LogP contribution in [0.25, 0.3) is 0 Å². The molecule has 0 spiro atoms. The average Bonchev–Trinajstić information content (AvgIpc) is 2.96. The number of hydrogen-bond donors (Lipinski definition) is 1. The zero-order chi connectivity index (χ0) is 13.8. The van der Waals surface area contributed by atoms with Gasteiger partial charge in [-0.25, -0.2) is 4.98 Å². The summed E-state index contributed by atoms with van der Waals surface area (Å²) in [6, 6.07) is 1.27. The van der Waals surface area contributed by atoms with Crippen LogP contribution in [-0.4, -0.2) is 28.5 Å². The average molecular weight is 281 g/mol. The number of nitrogens with one attached hydrogen (secondary N) is 1. The van der Waals surface area contributed by atoms with E-state index in [1.165, 1.54) is 30.1 Å². The Morgan fingerprint density at radius 1 is 1.42 bits per heavy atom. The highest BCUT2D eigenvalue weighted by molar-refractivity contribution is 7.09. The largest absolute Gasteiger partial charge is 0.308 e. The van der Waals surface area contributed by atoms with Crippen LogP contribution >= 0.6 is 11.3 Å². The molecular formula is C15H27N3S. The summed E-state index contributed by atoms with van der Waals surface area (Å²) in [4.78, 5) is 7.36. The molecule has 3 nitrogen and oxygen atoms in total. The summed E-state index contributed by atoms with van der Waals surface area (Å²) in [5.41, 5.74) is 1.25. The van der Waals surface area contributed by atoms with E-state index < -0.39 is 0 Å². The number of nitrogens with zero attached hydrogens (tertiary/aromatic N) is 2. The number of hydrogen-bond acceptors (Lipinski definition) is 4. The maximum Gasteiger partial charge on any atom is 0.107 e. The van der Waals surface area contributed by atoms with Crippen LogP contribution in [0.4, 0.5) is 0 Å². The van der Waals surface area contributed by atoms with Gasteiger partial charge in [0.25, 0.3) is 0 Å². The van der Waals surface area contributed by atoms with Crippen molar-refractivity contribution in [1.82, 2.24) is 15.2 Å². The summed E-state index contributed by atoms with van der Waals surface area (Å²) < 4.78 is 0. The molecule has 1 atom stereocenters. The van der Waals surface area contributed by atoms with Crippen molar-refractivity contribution in [3.63, 3.8) is 0 Å². The van der Waals surface area contributed by atoms with Gasteiger partial charge in [-0.05, 0) is 25.3 Å². The third kappa shape index (κ3) is 4.26. The van der Waals surface area contributed by atoms with E-state index in [4.69, 9.17) is 4.98 Å². The van der Waals surface area contributed by atoms with Crippen LogP contribution < -0.4 is 5.32 Å². The van der Waals surface area contributed by atoms with Gasteiger partial charge in [0, 0.05) is 30.6 Å². The molecule has 0 radical (unpaired) electrons. The predicted molar refractivity (Wildman–Crippen MR) is 82.4 cm³/mol. The molecule has 19 heavy (non-hydrogen) atoms. The van der Waals surface area contributed by atoms with Crippen LogP contribution in [-0.2, 0) is 13.1 Å². The Hall–Kier alpha value is -0.450. The molecule has 1 fully saturated rings. The van der Waals surface area contributed by atoms with Gasteiger partial charge in [0.1, 0.15) is 5.01 Å². The van der Waals surface area contributed by atoms with Gasteiger partial charge in [0.2, 0.25) is 0 Å². The molecule has 0 bridgehead atoms. The second kappa shape index (κ2) is 6.82. The molecule has 0 aliphatic carbocycles. The van der Waals surface area contributed by atoms with E-state index in [2.05, 4.69) is 43.3 Å². The van der Waals surface area contributed by atoms with Crippen LogP contribution in [0.5, 0.6) is 0 Å². The molecule has 1 saturated heterocycles. The number of rotatable bonds is 6. The Morgan fingerprint density at radius 3 is 2.89 bits per heavy atom. The molecule has 1 N–H and O–H groups in total. The van der Waals surface area contributed by atoms with Crippen LogP contribution in [0.15, 0.2) is 5.38 Å². The van der Waals surface area contributed by atoms with Gasteiger partial charge in [-0.1, -0.05) is 27.7 Å². The summed E-state index contributed by atoms with van der Waals surface area (Å²) in [5, 5.41) is 6.87. The van der Waals surface area contributed by atoms with Crippen molar-refractivity contribution in [2.45, 2.75) is 65.7 Å². The lowest BCUT2D eigenvalue weighted by molar-refractivity contribution is 0.197. The van der Waals surface area contributed by atoms with Gasteiger partial charge < -0.3 is 5.32 Å². The fourth-order valence-electron chi connectivity index (χ4n) is 2.81. The van der Waals surface area contributed by atoms with Crippen molar-refractivity contribution >= 4 is 11.3 Å². The van der Waals surface area contributed by atoms with E-state index in [1.807, 2.05) is 0 Å². The van der Waals surface area contributed by atoms with Gasteiger partial charge >= 0.3 is 0 Å². The first-order valence-electron chi connectivity index (χ1n) is 7.47. The molecule has 1 aromatic heterocycles. The second-order valence-corrected chi connectivity index (χ2v) is 7.13. The summed E-state index contributed by atoms with van der Waals surface area (Å²) in [5.74, 6) is 0.753. The predicted octanol–water partition coefficient (Wildman–Crippen LogP) is 3.26. The van der Waals surface area contributed by atoms with Crippen molar-refractivity contribution in [1.29, 1.82) is 0 Å². The van der Waals surface area contributed by atoms with Crippen molar-refractivity contribution in [3.05, 3.63) is 16.1 Å². The van der Waals surface area contributed by atoms with E-state index in [1.54, 1.807) is 11.3 Å². The molecule has 108 valence electrons. The third-order valence-corrected chi connectivity index (χ3v) is 4.71. The minimum atomic E-state index is 0.524. The highest BCUT2D eigenvalue weighted by atomic mass is 32.1. The molecule has 0 amide bonds.